The Morgan fingerprint density at radius 2 is 1.42 bits per heavy atom. The molecule has 6 heteroatoms. The van der Waals surface area contributed by atoms with E-state index in [9.17, 15) is 0 Å². The van der Waals surface area contributed by atoms with Crippen LogP contribution in [0.1, 0.15) is 113 Å². The normalized spacial score (nSPS) is 13.5. The summed E-state index contributed by atoms with van der Waals surface area (Å²) in [5.74, 6) is 7.58. The molecule has 3 aromatic heterocycles. The first-order chi connectivity index (χ1) is 32.9. The SMILES string of the molecule is [2H]C(C)(C)c1cc(-c2[c-]cccc2)nc[c]1[Ge]([CH3])([CH3])[CH3].[2H]C([2H])([2H])c1c[c-]c(-c2nc3ccccc3n2-c2c(C(C)C)cc(C(C)(C)C)cc2C(C)C)c2oc3cc4c(ccc5ccccc54)cc3c12.[Ir]. The van der Waals surface area contributed by atoms with E-state index in [1.807, 2.05) is 74.6 Å². The number of aryl methyl sites for hydroxylation is 1. The van der Waals surface area contributed by atoms with Gasteiger partial charge in [0.1, 0.15) is 5.58 Å². The predicted octanol–water partition coefficient (Wildman–Crippen LogP) is 16.8. The van der Waals surface area contributed by atoms with Crippen molar-refractivity contribution in [1.29, 1.82) is 0 Å². The summed E-state index contributed by atoms with van der Waals surface area (Å²) >= 11 is -2.03. The van der Waals surface area contributed by atoms with E-state index in [2.05, 4.69) is 148 Å². The quantitative estimate of drug-likeness (QED) is 0.0907. The molecule has 0 aliphatic carbocycles. The van der Waals surface area contributed by atoms with Crippen molar-refractivity contribution in [3.63, 3.8) is 0 Å². The van der Waals surface area contributed by atoms with E-state index >= 15 is 0 Å². The Hall–Kier alpha value is -5.33. The van der Waals surface area contributed by atoms with Gasteiger partial charge >= 0.3 is 120 Å². The van der Waals surface area contributed by atoms with E-state index in [1.54, 1.807) is 6.07 Å². The van der Waals surface area contributed by atoms with Crippen LogP contribution in [0.25, 0.3) is 82.8 Å². The van der Waals surface area contributed by atoms with Crippen molar-refractivity contribution in [2.45, 2.75) is 110 Å². The third kappa shape index (κ3) is 9.08. The first kappa shape index (κ1) is 43.0. The molecule has 3 heterocycles. The predicted molar refractivity (Wildman–Crippen MR) is 285 cm³/mol. The fourth-order valence-corrected chi connectivity index (χ4v) is 12.6. The zero-order valence-electron chi connectivity index (χ0n) is 44.9. The van der Waals surface area contributed by atoms with E-state index in [1.165, 1.54) is 21.1 Å². The molecule has 10 rings (SSSR count). The van der Waals surface area contributed by atoms with E-state index in [-0.39, 0.29) is 42.9 Å². The van der Waals surface area contributed by atoms with Gasteiger partial charge in [0, 0.05) is 35.3 Å². The molecule has 0 aliphatic rings. The number of para-hydroxylation sites is 2. The molecule has 0 N–H and O–H groups in total. The van der Waals surface area contributed by atoms with Crippen molar-refractivity contribution in [2.24, 2.45) is 0 Å². The first-order valence-electron chi connectivity index (χ1n) is 25.3. The average Bonchev–Trinajstić information content (AvgIpc) is 3.87. The summed E-state index contributed by atoms with van der Waals surface area (Å²) in [6.07, 6.45) is 2.00. The number of hydrogen-bond acceptors (Lipinski definition) is 3. The molecule has 0 saturated carbocycles. The van der Waals surface area contributed by atoms with E-state index < -0.39 is 26.0 Å². The molecule has 0 aliphatic heterocycles. The topological polar surface area (TPSA) is 43.9 Å². The summed E-state index contributed by atoms with van der Waals surface area (Å²) in [7, 11) is 0. The van der Waals surface area contributed by atoms with E-state index in [4.69, 9.17) is 14.9 Å². The number of pyridine rings is 1. The summed E-state index contributed by atoms with van der Waals surface area (Å²) < 4.78 is 44.5. The number of imidazole rings is 1. The Kier molecular flexibility index (Phi) is 12.0. The third-order valence-corrected chi connectivity index (χ3v) is 17.2. The fraction of sp³-hybridized carbons (Fsp3) is 0.279. The molecule has 7 aromatic carbocycles. The third-order valence-electron chi connectivity index (χ3n) is 12.9. The monoisotopic (exact) mass is 1120 g/mol. The number of aromatic nitrogens is 3. The van der Waals surface area contributed by atoms with Gasteiger partial charge in [-0.1, -0.05) is 127 Å². The van der Waals surface area contributed by atoms with Crippen LogP contribution in [0.2, 0.25) is 17.3 Å². The fourth-order valence-electron chi connectivity index (χ4n) is 9.33. The molecule has 1 radical (unpaired) electrons. The summed E-state index contributed by atoms with van der Waals surface area (Å²) in [4.78, 5) is 9.89. The first-order valence-corrected chi connectivity index (χ1v) is 30.6. The van der Waals surface area contributed by atoms with Gasteiger partial charge in [-0.25, -0.2) is 0 Å². The van der Waals surface area contributed by atoms with Crippen LogP contribution in [-0.2, 0) is 25.5 Å². The van der Waals surface area contributed by atoms with E-state index in [0.717, 1.165) is 60.5 Å². The molecule has 343 valence electrons. The minimum absolute atomic E-state index is 0. The zero-order valence-corrected chi connectivity index (χ0v) is 45.4. The Labute approximate surface area is 419 Å². The van der Waals surface area contributed by atoms with Gasteiger partial charge in [-0.15, -0.1) is 17.7 Å². The van der Waals surface area contributed by atoms with Crippen molar-refractivity contribution in [1.82, 2.24) is 14.5 Å². The van der Waals surface area contributed by atoms with Crippen LogP contribution < -0.4 is 4.40 Å². The molecule has 0 spiro atoms. The maximum atomic E-state index is 8.55. The van der Waals surface area contributed by atoms with Gasteiger partial charge in [0.2, 0.25) is 0 Å². The summed E-state index contributed by atoms with van der Waals surface area (Å²) in [6, 6.07) is 47.8. The minimum Gasteiger partial charge on any atom is -0.501 e. The molecule has 0 bridgehead atoms. The van der Waals surface area contributed by atoms with Crippen LogP contribution >= 0.6 is 0 Å². The van der Waals surface area contributed by atoms with E-state index in [0.29, 0.717) is 27.9 Å². The standard InChI is InChI=1S/C44H41N2O.C17H22GeN.Ir/c1-25(2)33-22-30(44(6,7)8)23-34(26(3)4)41(33)46-38-16-12-11-15-37(38)45-43(46)32-20-17-27(5)40-36-21-29-19-18-28-13-9-10-14-31(28)35(29)24-39(36)47-42(32)40;1-13(2)15-11-17(14-9-7-6-8-10-14)19-12-16(15)18(3,4)5;/h9-19,21-26H,1-8H3;6-9,11-13H,1-5H3;/q2*-1;/i5D3;13D;. The van der Waals surface area contributed by atoms with Gasteiger partial charge in [-0.3, -0.25) is 4.98 Å². The van der Waals surface area contributed by atoms with Gasteiger partial charge < -0.3 is 8.98 Å². The van der Waals surface area contributed by atoms with Crippen LogP contribution in [0.3, 0.4) is 0 Å². The minimum atomic E-state index is -2.37. The Bertz CT molecular complexity index is 3580. The molecule has 4 nitrogen and oxygen atoms in total. The molecular weight excluding hydrogens is 1060 g/mol. The largest absolute Gasteiger partial charge is 0.501 e. The molecule has 10 aromatic rings. The van der Waals surface area contributed by atoms with Gasteiger partial charge in [0.25, 0.3) is 0 Å². The number of fused-ring (bicyclic) bond motifs is 7. The van der Waals surface area contributed by atoms with Crippen molar-refractivity contribution in [3.05, 3.63) is 167 Å². The molecule has 67 heavy (non-hydrogen) atoms. The molecule has 0 fully saturated rings. The van der Waals surface area contributed by atoms with Crippen LogP contribution in [-0.4, -0.2) is 27.8 Å². The molecule has 0 unspecified atom stereocenters. The zero-order chi connectivity index (χ0) is 50.2. The summed E-state index contributed by atoms with van der Waals surface area (Å²) in [5, 5.41) is 5.70. The molecule has 0 amide bonds. The summed E-state index contributed by atoms with van der Waals surface area (Å²) in [6.45, 7) is 17.3. The van der Waals surface area contributed by atoms with Gasteiger partial charge in [-0.2, -0.15) is 0 Å². The molecule has 0 atom stereocenters. The molecule has 0 saturated heterocycles. The van der Waals surface area contributed by atoms with Crippen LogP contribution in [0.15, 0.2) is 132 Å². The Morgan fingerprint density at radius 3 is 2.07 bits per heavy atom. The van der Waals surface area contributed by atoms with Gasteiger partial charge in [-0.05, 0) is 79.8 Å². The van der Waals surface area contributed by atoms with Crippen molar-refractivity contribution in [3.8, 4) is 28.3 Å². The molecular formula is C61H63GeIrN3O-2. The Balaban J connectivity index is 0.000000271. The average molecular weight is 1120 g/mol. The second kappa shape index (κ2) is 18.6. The number of benzene rings is 7. The Morgan fingerprint density at radius 1 is 0.731 bits per heavy atom. The van der Waals surface area contributed by atoms with Gasteiger partial charge in [0.15, 0.2) is 0 Å². The van der Waals surface area contributed by atoms with Crippen molar-refractivity contribution < 1.29 is 30.0 Å². The second-order valence-electron chi connectivity index (χ2n) is 20.7. The summed E-state index contributed by atoms with van der Waals surface area (Å²) in [5.41, 5.74) is 11.7. The number of rotatable bonds is 7. The van der Waals surface area contributed by atoms with Crippen LogP contribution in [0.4, 0.5) is 0 Å². The van der Waals surface area contributed by atoms with Crippen LogP contribution in [0.5, 0.6) is 0 Å². The van der Waals surface area contributed by atoms with Crippen molar-refractivity contribution in [2.75, 3.05) is 0 Å². The van der Waals surface area contributed by atoms with Crippen LogP contribution in [0, 0.1) is 19.0 Å². The van der Waals surface area contributed by atoms with Gasteiger partial charge in [0.05, 0.1) is 22.4 Å². The number of furan rings is 1. The smallest absolute Gasteiger partial charge is 0.121 e. The van der Waals surface area contributed by atoms with Crippen molar-refractivity contribution >= 4 is 72.2 Å². The number of hydrogen-bond donors (Lipinski definition) is 0. The maximum absolute atomic E-state index is 8.55. The number of nitrogens with zero attached hydrogens (tertiary/aromatic N) is 3. The second-order valence-corrected chi connectivity index (χ2v) is 31.3. The maximum Gasteiger partial charge on any atom is 0.121 e.